The summed E-state index contributed by atoms with van der Waals surface area (Å²) in [6, 6.07) is 6.04. The fourth-order valence-corrected chi connectivity index (χ4v) is 4.87. The highest BCUT2D eigenvalue weighted by Crippen LogP contribution is 2.33. The molecule has 1 aliphatic rings. The predicted molar refractivity (Wildman–Crippen MR) is 134 cm³/mol. The van der Waals surface area contributed by atoms with Gasteiger partial charge in [0.1, 0.15) is 27.4 Å². The van der Waals surface area contributed by atoms with E-state index in [-0.39, 0.29) is 5.75 Å². The maximum atomic E-state index is 11.4. The Hall–Kier alpha value is -2.94. The van der Waals surface area contributed by atoms with E-state index in [4.69, 9.17) is 9.72 Å². The van der Waals surface area contributed by atoms with E-state index in [0.717, 1.165) is 60.2 Å². The van der Waals surface area contributed by atoms with Crippen LogP contribution in [0.3, 0.4) is 0 Å². The summed E-state index contributed by atoms with van der Waals surface area (Å²) in [5.41, 5.74) is 4.58. The second kappa shape index (κ2) is 9.74. The Bertz CT molecular complexity index is 1280. The quantitative estimate of drug-likeness (QED) is 0.345. The second-order valence-corrected chi connectivity index (χ2v) is 12.1. The number of benzene rings is 1. The molecule has 0 unspecified atom stereocenters. The molecule has 0 saturated carbocycles. The first kappa shape index (κ1) is 24.2. The molecule has 1 N–H and O–H groups in total. The zero-order valence-electron chi connectivity index (χ0n) is 20.0. The van der Waals surface area contributed by atoms with Crippen molar-refractivity contribution in [2.45, 2.75) is 39.5 Å². The van der Waals surface area contributed by atoms with Crippen LogP contribution in [0.15, 0.2) is 30.6 Å². The lowest BCUT2D eigenvalue weighted by Gasteiger charge is -2.20. The highest BCUT2D eigenvalue weighted by Gasteiger charge is 2.21. The Labute approximate surface area is 200 Å². The number of fused-ring (bicyclic) bond motifs is 1. The van der Waals surface area contributed by atoms with Gasteiger partial charge >= 0.3 is 0 Å². The number of sulfone groups is 1. The summed E-state index contributed by atoms with van der Waals surface area (Å²) in [5, 5.41) is 0. The molecule has 34 heavy (non-hydrogen) atoms. The monoisotopic (exact) mass is 484 g/mol. The van der Waals surface area contributed by atoms with Crippen LogP contribution in [0.1, 0.15) is 38.7 Å². The average molecular weight is 485 g/mol. The first-order valence-corrected chi connectivity index (χ1v) is 13.7. The largest absolute Gasteiger partial charge is 0.493 e. The smallest absolute Gasteiger partial charge is 0.156 e. The van der Waals surface area contributed by atoms with Crippen LogP contribution in [0, 0.1) is 5.41 Å². The fourth-order valence-electron chi connectivity index (χ4n) is 4.23. The van der Waals surface area contributed by atoms with E-state index in [2.05, 4.69) is 20.9 Å². The minimum absolute atomic E-state index is 0.0984. The zero-order valence-corrected chi connectivity index (χ0v) is 20.8. The molecule has 4 rings (SSSR count). The SMILES string of the molecule is CC(C)(C=O)Cc1c[nH]c2ncc(-c3cc(OCCCS(C)(=O)=O)cc(N4CCCC4)c3)nc12. The Morgan fingerprint density at radius 1 is 1.21 bits per heavy atom. The Morgan fingerprint density at radius 2 is 1.97 bits per heavy atom. The molecule has 2 aromatic heterocycles. The van der Waals surface area contributed by atoms with Crippen LogP contribution >= 0.6 is 0 Å². The van der Waals surface area contributed by atoms with Crippen LogP contribution in [0.2, 0.25) is 0 Å². The maximum absolute atomic E-state index is 11.4. The van der Waals surface area contributed by atoms with E-state index < -0.39 is 15.3 Å². The van der Waals surface area contributed by atoms with Gasteiger partial charge in [-0.2, -0.15) is 0 Å². The van der Waals surface area contributed by atoms with Crippen molar-refractivity contribution < 1.29 is 17.9 Å². The first-order chi connectivity index (χ1) is 16.1. The molecule has 0 amide bonds. The minimum Gasteiger partial charge on any atom is -0.493 e. The number of nitrogens with zero attached hydrogens (tertiary/aromatic N) is 3. The first-order valence-electron chi connectivity index (χ1n) is 11.6. The van der Waals surface area contributed by atoms with Gasteiger partial charge in [0.2, 0.25) is 0 Å². The maximum Gasteiger partial charge on any atom is 0.156 e. The van der Waals surface area contributed by atoms with Crippen LogP contribution < -0.4 is 9.64 Å². The molecular formula is C25H32N4O4S. The third-order valence-electron chi connectivity index (χ3n) is 6.01. The molecule has 0 radical (unpaired) electrons. The summed E-state index contributed by atoms with van der Waals surface area (Å²) in [7, 11) is -3.02. The van der Waals surface area contributed by atoms with E-state index >= 15 is 0 Å². The predicted octanol–water partition coefficient (Wildman–Crippen LogP) is 3.81. The summed E-state index contributed by atoms with van der Waals surface area (Å²) in [5.74, 6) is 0.785. The minimum atomic E-state index is -3.02. The highest BCUT2D eigenvalue weighted by atomic mass is 32.2. The Kier molecular flexibility index (Phi) is 6.93. The molecule has 3 heterocycles. The Balaban J connectivity index is 1.66. The summed E-state index contributed by atoms with van der Waals surface area (Å²) in [4.78, 5) is 26.4. The molecule has 1 aromatic carbocycles. The lowest BCUT2D eigenvalue weighted by atomic mass is 9.88. The third-order valence-corrected chi connectivity index (χ3v) is 7.04. The van der Waals surface area contributed by atoms with Crippen molar-refractivity contribution in [3.63, 3.8) is 0 Å². The van der Waals surface area contributed by atoms with Crippen LogP contribution in [-0.2, 0) is 21.1 Å². The molecule has 1 aliphatic heterocycles. The lowest BCUT2D eigenvalue weighted by Crippen LogP contribution is -2.17. The van der Waals surface area contributed by atoms with Gasteiger partial charge in [0.15, 0.2) is 5.65 Å². The van der Waals surface area contributed by atoms with Crippen molar-refractivity contribution in [1.29, 1.82) is 0 Å². The standard InChI is InChI=1S/C25H32N4O4S/c1-25(2,17-30)14-19-15-26-24-23(19)28-22(16-27-24)18-11-20(29-7-4-5-8-29)13-21(12-18)33-9-6-10-34(3,31)32/h11-13,15-17H,4-10,14H2,1-3H3,(H,26,27). The van der Waals surface area contributed by atoms with Gasteiger partial charge in [-0.15, -0.1) is 0 Å². The topological polar surface area (TPSA) is 105 Å². The van der Waals surface area contributed by atoms with Gasteiger partial charge in [0.25, 0.3) is 0 Å². The van der Waals surface area contributed by atoms with E-state index in [1.807, 2.05) is 32.2 Å². The molecule has 0 aliphatic carbocycles. The number of anilines is 1. The lowest BCUT2D eigenvalue weighted by molar-refractivity contribution is -0.114. The number of aromatic nitrogens is 3. The van der Waals surface area contributed by atoms with Crippen LogP contribution in [-0.4, -0.2) is 61.4 Å². The van der Waals surface area contributed by atoms with Crippen LogP contribution in [0.4, 0.5) is 5.69 Å². The number of ether oxygens (including phenoxy) is 1. The Morgan fingerprint density at radius 3 is 2.68 bits per heavy atom. The fraction of sp³-hybridized carbons (Fsp3) is 0.480. The summed E-state index contributed by atoms with van der Waals surface area (Å²) >= 11 is 0. The van der Waals surface area contributed by atoms with Crippen molar-refractivity contribution in [1.82, 2.24) is 15.0 Å². The number of nitrogens with one attached hydrogen (secondary N) is 1. The number of rotatable bonds is 10. The van der Waals surface area contributed by atoms with Crippen LogP contribution in [0.5, 0.6) is 5.75 Å². The molecule has 3 aromatic rings. The van der Waals surface area contributed by atoms with Gasteiger partial charge in [0, 0.05) is 48.3 Å². The molecule has 0 bridgehead atoms. The molecule has 0 atom stereocenters. The molecule has 0 spiro atoms. The normalized spacial score (nSPS) is 14.6. The number of carbonyl (C=O) groups excluding carboxylic acids is 1. The van der Waals surface area contributed by atoms with Gasteiger partial charge in [-0.05, 0) is 43.4 Å². The van der Waals surface area contributed by atoms with Crippen molar-refractivity contribution in [2.24, 2.45) is 5.41 Å². The summed E-state index contributed by atoms with van der Waals surface area (Å²) in [6.45, 7) is 6.12. The molecular weight excluding hydrogens is 452 g/mol. The molecule has 1 fully saturated rings. The average Bonchev–Trinajstić information content (AvgIpc) is 3.46. The van der Waals surface area contributed by atoms with Gasteiger partial charge in [0.05, 0.1) is 24.3 Å². The molecule has 8 nitrogen and oxygen atoms in total. The zero-order chi connectivity index (χ0) is 24.3. The van der Waals surface area contributed by atoms with Crippen molar-refractivity contribution in [2.75, 3.05) is 36.6 Å². The summed E-state index contributed by atoms with van der Waals surface area (Å²) < 4.78 is 28.8. The van der Waals surface area contributed by atoms with E-state index in [9.17, 15) is 13.2 Å². The number of carbonyl (C=O) groups is 1. The van der Waals surface area contributed by atoms with Crippen LogP contribution in [0.25, 0.3) is 22.4 Å². The number of aldehydes is 1. The highest BCUT2D eigenvalue weighted by molar-refractivity contribution is 7.90. The number of hydrogen-bond donors (Lipinski definition) is 1. The van der Waals surface area contributed by atoms with E-state index in [1.165, 1.54) is 6.26 Å². The van der Waals surface area contributed by atoms with Gasteiger partial charge in [-0.25, -0.2) is 18.4 Å². The second-order valence-electron chi connectivity index (χ2n) is 9.79. The summed E-state index contributed by atoms with van der Waals surface area (Å²) in [6.07, 6.45) is 9.12. The molecule has 9 heteroatoms. The molecule has 182 valence electrons. The number of H-pyrrole nitrogens is 1. The van der Waals surface area contributed by atoms with Crippen molar-refractivity contribution in [3.05, 3.63) is 36.2 Å². The van der Waals surface area contributed by atoms with Gasteiger partial charge in [-0.1, -0.05) is 13.8 Å². The van der Waals surface area contributed by atoms with E-state index in [1.54, 1.807) is 6.20 Å². The third kappa shape index (κ3) is 5.94. The van der Waals surface area contributed by atoms with Crippen molar-refractivity contribution >= 4 is 33.0 Å². The number of aromatic amines is 1. The molecule has 1 saturated heterocycles. The van der Waals surface area contributed by atoms with Crippen molar-refractivity contribution in [3.8, 4) is 17.0 Å². The van der Waals surface area contributed by atoms with Gasteiger partial charge < -0.3 is 19.4 Å². The number of hydrogen-bond acceptors (Lipinski definition) is 7. The van der Waals surface area contributed by atoms with Gasteiger partial charge in [-0.3, -0.25) is 0 Å². The van der Waals surface area contributed by atoms with E-state index in [0.29, 0.717) is 30.8 Å².